The van der Waals surface area contributed by atoms with E-state index in [2.05, 4.69) is 135 Å². The molecule has 0 amide bonds. The number of rotatable bonds is 54. The number of esters is 2. The van der Waals surface area contributed by atoms with Gasteiger partial charge in [-0.15, -0.1) is 0 Å². The standard InChI is InChI=1S/C66H112NO8P/c1-6-8-10-12-14-16-18-20-22-24-26-28-29-30-31-32-33-34-35-36-37-39-40-42-44-46-48-50-52-54-56-58-65(68)72-62-64(63-74-76(70,71)73-61-60-67(3,4)5)75-66(69)59-57-55-53-51-49-47-45-43-41-38-27-25-23-21-19-17-15-13-11-9-7-2/h8-11,14-17,20-23,26-28,38,43,45,49,51,64H,6-7,12-13,18-19,24-25,29-37,39-42,44,46-48,50,52-63H2,1-5H3/b10-8-,11-9-,16-14-,17-15-,22-20-,23-21-,28-26-,38-27-,45-43-,51-49-. The van der Waals surface area contributed by atoms with Gasteiger partial charge in [0.25, 0.3) is 7.82 Å². The molecule has 0 radical (unpaired) electrons. The summed E-state index contributed by atoms with van der Waals surface area (Å²) >= 11 is 0. The van der Waals surface area contributed by atoms with Crippen molar-refractivity contribution < 1.29 is 42.1 Å². The van der Waals surface area contributed by atoms with Crippen LogP contribution in [0.2, 0.25) is 0 Å². The number of quaternary nitrogens is 1. The zero-order valence-electron chi connectivity index (χ0n) is 49.2. The number of carbonyl (C=O) groups excluding carboxylic acids is 2. The lowest BCUT2D eigenvalue weighted by Gasteiger charge is -2.28. The lowest BCUT2D eigenvalue weighted by Crippen LogP contribution is -2.37. The first-order valence-corrected chi connectivity index (χ1v) is 31.7. The van der Waals surface area contributed by atoms with Crippen LogP contribution in [0, 0.1) is 0 Å². The van der Waals surface area contributed by atoms with Crippen LogP contribution in [-0.2, 0) is 32.7 Å². The van der Waals surface area contributed by atoms with Gasteiger partial charge in [-0.1, -0.05) is 238 Å². The summed E-state index contributed by atoms with van der Waals surface area (Å²) in [5, 5.41) is 0. The number of unbranched alkanes of at least 4 members (excludes halogenated alkanes) is 20. The average molecular weight is 1080 g/mol. The van der Waals surface area contributed by atoms with E-state index in [4.69, 9.17) is 18.5 Å². The molecule has 0 aromatic heterocycles. The molecule has 0 spiro atoms. The summed E-state index contributed by atoms with van der Waals surface area (Å²) in [6.07, 6.45) is 79.8. The first kappa shape index (κ1) is 72.4. The monoisotopic (exact) mass is 1080 g/mol. The van der Waals surface area contributed by atoms with Crippen molar-refractivity contribution in [1.82, 2.24) is 0 Å². The van der Waals surface area contributed by atoms with E-state index in [0.717, 1.165) is 96.3 Å². The first-order valence-electron chi connectivity index (χ1n) is 30.2. The van der Waals surface area contributed by atoms with Crippen molar-refractivity contribution in [2.45, 2.75) is 238 Å². The van der Waals surface area contributed by atoms with Gasteiger partial charge in [0.05, 0.1) is 27.7 Å². The second kappa shape index (κ2) is 56.1. The van der Waals surface area contributed by atoms with Crippen LogP contribution < -0.4 is 4.89 Å². The molecule has 0 aromatic carbocycles. The van der Waals surface area contributed by atoms with Crippen LogP contribution in [0.15, 0.2) is 122 Å². The molecular formula is C66H112NO8P. The van der Waals surface area contributed by atoms with Gasteiger partial charge in [0, 0.05) is 12.8 Å². The van der Waals surface area contributed by atoms with Gasteiger partial charge in [-0.25, -0.2) is 0 Å². The van der Waals surface area contributed by atoms with E-state index in [9.17, 15) is 19.0 Å². The van der Waals surface area contributed by atoms with Gasteiger partial charge in [0.2, 0.25) is 0 Å². The third-order valence-corrected chi connectivity index (χ3v) is 13.4. The highest BCUT2D eigenvalue weighted by Crippen LogP contribution is 2.38. The number of hydrogen-bond acceptors (Lipinski definition) is 8. The molecular weight excluding hydrogens is 966 g/mol. The Labute approximate surface area is 467 Å². The number of phosphoric acid groups is 1. The van der Waals surface area contributed by atoms with Crippen molar-refractivity contribution in [3.05, 3.63) is 122 Å². The van der Waals surface area contributed by atoms with Crippen molar-refractivity contribution in [3.8, 4) is 0 Å². The molecule has 0 aromatic rings. The zero-order valence-corrected chi connectivity index (χ0v) is 50.0. The summed E-state index contributed by atoms with van der Waals surface area (Å²) in [5.74, 6) is -0.887. The smallest absolute Gasteiger partial charge is 0.306 e. The molecule has 0 N–H and O–H groups in total. The molecule has 434 valence electrons. The maximum Gasteiger partial charge on any atom is 0.306 e. The zero-order chi connectivity index (χ0) is 55.6. The van der Waals surface area contributed by atoms with E-state index in [1.54, 1.807) is 0 Å². The summed E-state index contributed by atoms with van der Waals surface area (Å²) in [6.45, 7) is 3.96. The number of hydrogen-bond donors (Lipinski definition) is 0. The Hall–Kier alpha value is -3.59. The van der Waals surface area contributed by atoms with Gasteiger partial charge in [-0.05, 0) is 103 Å². The molecule has 0 aliphatic heterocycles. The van der Waals surface area contributed by atoms with Crippen molar-refractivity contribution in [3.63, 3.8) is 0 Å². The Kier molecular flexibility index (Phi) is 53.5. The highest BCUT2D eigenvalue weighted by molar-refractivity contribution is 7.45. The topological polar surface area (TPSA) is 111 Å². The molecule has 0 fully saturated rings. The van der Waals surface area contributed by atoms with E-state index in [1.807, 2.05) is 21.1 Å². The fourth-order valence-electron chi connectivity index (χ4n) is 7.89. The third kappa shape index (κ3) is 59.7. The summed E-state index contributed by atoms with van der Waals surface area (Å²) in [7, 11) is 1.12. The van der Waals surface area contributed by atoms with E-state index in [-0.39, 0.29) is 26.1 Å². The summed E-state index contributed by atoms with van der Waals surface area (Å²) < 4.78 is 34.1. The number of ether oxygens (including phenoxy) is 2. The first-order chi connectivity index (χ1) is 37.0. The molecule has 2 atom stereocenters. The van der Waals surface area contributed by atoms with Gasteiger partial charge in [-0.2, -0.15) is 0 Å². The maximum atomic E-state index is 12.8. The summed E-state index contributed by atoms with van der Waals surface area (Å²) in [5.41, 5.74) is 0. The highest BCUT2D eigenvalue weighted by Gasteiger charge is 2.21. The Balaban J connectivity index is 4.16. The Morgan fingerprint density at radius 1 is 0.408 bits per heavy atom. The van der Waals surface area contributed by atoms with Crippen LogP contribution in [-0.4, -0.2) is 70.0 Å². The lowest BCUT2D eigenvalue weighted by molar-refractivity contribution is -0.870. The molecule has 2 unspecified atom stereocenters. The second-order valence-electron chi connectivity index (χ2n) is 20.9. The van der Waals surface area contributed by atoms with Gasteiger partial charge < -0.3 is 27.9 Å². The van der Waals surface area contributed by atoms with Gasteiger partial charge >= 0.3 is 11.9 Å². The van der Waals surface area contributed by atoms with E-state index < -0.39 is 32.5 Å². The highest BCUT2D eigenvalue weighted by atomic mass is 31.2. The van der Waals surface area contributed by atoms with E-state index in [1.165, 1.54) is 103 Å². The molecule has 9 nitrogen and oxygen atoms in total. The van der Waals surface area contributed by atoms with E-state index >= 15 is 0 Å². The largest absolute Gasteiger partial charge is 0.756 e. The van der Waals surface area contributed by atoms with Crippen molar-refractivity contribution >= 4 is 19.8 Å². The second-order valence-corrected chi connectivity index (χ2v) is 22.4. The Morgan fingerprint density at radius 2 is 0.711 bits per heavy atom. The number of carbonyl (C=O) groups is 2. The van der Waals surface area contributed by atoms with Crippen molar-refractivity contribution in [2.75, 3.05) is 47.5 Å². The molecule has 0 rings (SSSR count). The minimum Gasteiger partial charge on any atom is -0.756 e. The number of likely N-dealkylation sites (N-methyl/N-ethyl adjacent to an activating group) is 1. The maximum absolute atomic E-state index is 12.8. The predicted molar refractivity (Wildman–Crippen MR) is 323 cm³/mol. The van der Waals surface area contributed by atoms with Crippen LogP contribution >= 0.6 is 7.82 Å². The number of nitrogens with zero attached hydrogens (tertiary/aromatic N) is 1. The quantitative estimate of drug-likeness (QED) is 0.0195. The van der Waals surface area contributed by atoms with Gasteiger partial charge in [-0.3, -0.25) is 14.2 Å². The van der Waals surface area contributed by atoms with E-state index in [0.29, 0.717) is 17.4 Å². The van der Waals surface area contributed by atoms with Crippen LogP contribution in [0.25, 0.3) is 0 Å². The molecule has 0 saturated heterocycles. The molecule has 0 bridgehead atoms. The minimum atomic E-state index is -4.66. The van der Waals surface area contributed by atoms with Gasteiger partial charge in [0.15, 0.2) is 6.10 Å². The van der Waals surface area contributed by atoms with Crippen LogP contribution in [0.3, 0.4) is 0 Å². The molecule has 0 aliphatic carbocycles. The number of phosphoric ester groups is 1. The SMILES string of the molecule is CC/C=C\C/C=C\C/C=C\C/C=C\C/C=C\C/C=C\CCCCC(=O)OC(COC(=O)CCCCCCCCCCCCCCCCCCCC/C=C\C/C=C\C/C=C\C/C=C\CC)COP(=O)([O-])OCC[N+](C)(C)C. The number of allylic oxidation sites excluding steroid dienone is 20. The van der Waals surface area contributed by atoms with Crippen LogP contribution in [0.1, 0.15) is 232 Å². The fourth-order valence-corrected chi connectivity index (χ4v) is 8.61. The lowest BCUT2D eigenvalue weighted by atomic mass is 10.0. The molecule has 0 heterocycles. The van der Waals surface area contributed by atoms with Gasteiger partial charge in [0.1, 0.15) is 19.8 Å². The van der Waals surface area contributed by atoms with Crippen molar-refractivity contribution in [2.24, 2.45) is 0 Å². The molecule has 76 heavy (non-hydrogen) atoms. The van der Waals surface area contributed by atoms with Crippen LogP contribution in [0.4, 0.5) is 0 Å². The summed E-state index contributed by atoms with van der Waals surface area (Å²) in [6, 6.07) is 0. The Bertz CT molecular complexity index is 1700. The fraction of sp³-hybridized carbons (Fsp3) is 0.667. The predicted octanol–water partition coefficient (Wildman–Crippen LogP) is 18.5. The summed E-state index contributed by atoms with van der Waals surface area (Å²) in [4.78, 5) is 37.9. The molecule has 0 aliphatic rings. The average Bonchev–Trinajstić information content (AvgIpc) is 3.38. The molecule has 10 heteroatoms. The van der Waals surface area contributed by atoms with Crippen LogP contribution in [0.5, 0.6) is 0 Å². The minimum absolute atomic E-state index is 0.0448. The third-order valence-electron chi connectivity index (χ3n) is 12.5. The van der Waals surface area contributed by atoms with Crippen molar-refractivity contribution in [1.29, 1.82) is 0 Å². The normalized spacial score (nSPS) is 14.1. The molecule has 0 saturated carbocycles. The Morgan fingerprint density at radius 3 is 1.08 bits per heavy atom.